The SMILES string of the molecule is CN=C(NO)c1ccc(OC2CCN(Cc3ccccc3)CC2)cc1. The molecule has 1 fully saturated rings. The molecule has 5 heteroatoms. The van der Waals surface area contributed by atoms with E-state index < -0.39 is 0 Å². The Morgan fingerprint density at radius 3 is 2.40 bits per heavy atom. The molecule has 0 saturated carbocycles. The number of ether oxygens (including phenoxy) is 1. The van der Waals surface area contributed by atoms with Crippen molar-refractivity contribution in [3.8, 4) is 5.75 Å². The second kappa shape index (κ2) is 8.65. The van der Waals surface area contributed by atoms with Crippen LogP contribution in [0.15, 0.2) is 59.6 Å². The lowest BCUT2D eigenvalue weighted by Gasteiger charge is -2.32. The Kier molecular flexibility index (Phi) is 6.04. The third-order valence-corrected chi connectivity index (χ3v) is 4.54. The van der Waals surface area contributed by atoms with Crippen LogP contribution >= 0.6 is 0 Å². The summed E-state index contributed by atoms with van der Waals surface area (Å²) in [6.07, 6.45) is 2.33. The average molecular weight is 339 g/mol. The highest BCUT2D eigenvalue weighted by atomic mass is 16.5. The molecule has 1 aliphatic rings. The molecule has 0 bridgehead atoms. The minimum Gasteiger partial charge on any atom is -0.490 e. The average Bonchev–Trinajstić information content (AvgIpc) is 2.66. The third kappa shape index (κ3) is 4.81. The van der Waals surface area contributed by atoms with Gasteiger partial charge in [0.25, 0.3) is 0 Å². The number of piperidine rings is 1. The molecule has 1 heterocycles. The van der Waals surface area contributed by atoms with Crippen LogP contribution < -0.4 is 10.2 Å². The van der Waals surface area contributed by atoms with Gasteiger partial charge in [-0.05, 0) is 42.7 Å². The van der Waals surface area contributed by atoms with Gasteiger partial charge >= 0.3 is 0 Å². The zero-order valence-corrected chi connectivity index (χ0v) is 14.6. The van der Waals surface area contributed by atoms with Crippen molar-refractivity contribution in [1.82, 2.24) is 10.4 Å². The van der Waals surface area contributed by atoms with Crippen molar-refractivity contribution in [2.75, 3.05) is 20.1 Å². The predicted octanol–water partition coefficient (Wildman–Crippen LogP) is 3.09. The zero-order chi connectivity index (χ0) is 17.5. The molecule has 2 aromatic rings. The van der Waals surface area contributed by atoms with Gasteiger partial charge in [-0.2, -0.15) is 0 Å². The minimum atomic E-state index is 0.258. The normalized spacial score (nSPS) is 16.6. The molecule has 0 atom stereocenters. The molecule has 1 aliphatic heterocycles. The molecule has 0 spiro atoms. The molecule has 1 saturated heterocycles. The smallest absolute Gasteiger partial charge is 0.151 e. The highest BCUT2D eigenvalue weighted by Crippen LogP contribution is 2.20. The van der Waals surface area contributed by atoms with Crippen molar-refractivity contribution in [3.63, 3.8) is 0 Å². The highest BCUT2D eigenvalue weighted by molar-refractivity contribution is 5.97. The van der Waals surface area contributed by atoms with E-state index >= 15 is 0 Å². The Bertz CT molecular complexity index is 678. The third-order valence-electron chi connectivity index (χ3n) is 4.54. The van der Waals surface area contributed by atoms with E-state index in [-0.39, 0.29) is 6.10 Å². The number of nitrogens with one attached hydrogen (secondary N) is 1. The summed E-state index contributed by atoms with van der Waals surface area (Å²) in [5, 5.41) is 9.02. The monoisotopic (exact) mass is 339 g/mol. The van der Waals surface area contributed by atoms with Crippen LogP contribution in [0.3, 0.4) is 0 Å². The second-order valence-electron chi connectivity index (χ2n) is 6.29. The fourth-order valence-electron chi connectivity index (χ4n) is 3.15. The standard InChI is InChI=1S/C20H25N3O2/c1-21-20(22-24)17-7-9-18(10-8-17)25-19-11-13-23(14-12-19)15-16-5-3-2-4-6-16/h2-10,19,24H,11-15H2,1H3,(H,21,22). The van der Waals surface area contributed by atoms with Crippen LogP contribution in [0.5, 0.6) is 5.75 Å². The maximum Gasteiger partial charge on any atom is 0.151 e. The molecule has 3 rings (SSSR count). The molecule has 5 nitrogen and oxygen atoms in total. The van der Waals surface area contributed by atoms with Crippen molar-refractivity contribution in [3.05, 3.63) is 65.7 Å². The van der Waals surface area contributed by atoms with Gasteiger partial charge in [-0.1, -0.05) is 30.3 Å². The van der Waals surface area contributed by atoms with Crippen LogP contribution in [-0.2, 0) is 6.54 Å². The van der Waals surface area contributed by atoms with E-state index in [0.29, 0.717) is 5.84 Å². The fraction of sp³-hybridized carbons (Fsp3) is 0.350. The molecular weight excluding hydrogens is 314 g/mol. The molecule has 2 N–H and O–H groups in total. The maximum absolute atomic E-state index is 9.02. The van der Waals surface area contributed by atoms with Gasteiger partial charge in [-0.15, -0.1) is 0 Å². The van der Waals surface area contributed by atoms with Crippen LogP contribution in [-0.4, -0.2) is 42.2 Å². The largest absolute Gasteiger partial charge is 0.490 e. The van der Waals surface area contributed by atoms with Crippen molar-refractivity contribution in [1.29, 1.82) is 0 Å². The second-order valence-corrected chi connectivity index (χ2v) is 6.29. The number of aliphatic imine (C=N–C) groups is 1. The number of hydrogen-bond donors (Lipinski definition) is 2. The van der Waals surface area contributed by atoms with E-state index in [2.05, 4.69) is 45.7 Å². The summed E-state index contributed by atoms with van der Waals surface area (Å²) in [5.41, 5.74) is 4.29. The topological polar surface area (TPSA) is 57.1 Å². The van der Waals surface area contributed by atoms with Crippen LogP contribution in [0.4, 0.5) is 0 Å². The summed E-state index contributed by atoms with van der Waals surface area (Å²) in [4.78, 5) is 6.46. The molecule has 132 valence electrons. The molecule has 2 aromatic carbocycles. The van der Waals surface area contributed by atoms with E-state index in [4.69, 9.17) is 9.94 Å². The van der Waals surface area contributed by atoms with Crippen molar-refractivity contribution < 1.29 is 9.94 Å². The minimum absolute atomic E-state index is 0.258. The highest BCUT2D eigenvalue weighted by Gasteiger charge is 2.20. The van der Waals surface area contributed by atoms with Crippen LogP contribution in [0.1, 0.15) is 24.0 Å². The van der Waals surface area contributed by atoms with E-state index in [9.17, 15) is 0 Å². The maximum atomic E-state index is 9.02. The Morgan fingerprint density at radius 2 is 1.80 bits per heavy atom. The first-order valence-electron chi connectivity index (χ1n) is 8.69. The first-order chi connectivity index (χ1) is 12.3. The Morgan fingerprint density at radius 1 is 1.12 bits per heavy atom. The molecule has 0 aliphatic carbocycles. The van der Waals surface area contributed by atoms with E-state index in [1.54, 1.807) is 7.05 Å². The number of rotatable bonds is 5. The molecule has 0 aromatic heterocycles. The number of nitrogens with zero attached hydrogens (tertiary/aromatic N) is 2. The number of hydrogen-bond acceptors (Lipinski definition) is 4. The predicted molar refractivity (Wildman–Crippen MR) is 99.2 cm³/mol. The van der Waals surface area contributed by atoms with Gasteiger partial charge in [0, 0.05) is 32.2 Å². The van der Waals surface area contributed by atoms with Crippen molar-refractivity contribution >= 4 is 5.84 Å². The van der Waals surface area contributed by atoms with Gasteiger partial charge in [0.15, 0.2) is 5.84 Å². The van der Waals surface area contributed by atoms with Gasteiger partial charge < -0.3 is 4.74 Å². The molecular formula is C20H25N3O2. The summed E-state index contributed by atoms with van der Waals surface area (Å²) in [7, 11) is 1.63. The Labute approximate surface area is 148 Å². The summed E-state index contributed by atoms with van der Waals surface area (Å²) >= 11 is 0. The lowest BCUT2D eigenvalue weighted by Crippen LogP contribution is -2.37. The molecule has 0 radical (unpaired) electrons. The van der Waals surface area contributed by atoms with Gasteiger partial charge in [0.1, 0.15) is 11.9 Å². The first kappa shape index (κ1) is 17.5. The summed E-state index contributed by atoms with van der Waals surface area (Å²) < 4.78 is 6.11. The lowest BCUT2D eigenvalue weighted by atomic mass is 10.1. The van der Waals surface area contributed by atoms with E-state index in [1.807, 2.05) is 24.3 Å². The van der Waals surface area contributed by atoms with Crippen molar-refractivity contribution in [2.24, 2.45) is 4.99 Å². The summed E-state index contributed by atoms with van der Waals surface area (Å²) in [6, 6.07) is 18.2. The van der Waals surface area contributed by atoms with Crippen LogP contribution in [0.25, 0.3) is 0 Å². The molecule has 0 unspecified atom stereocenters. The summed E-state index contributed by atoms with van der Waals surface area (Å²) in [5.74, 6) is 1.31. The summed E-state index contributed by atoms with van der Waals surface area (Å²) in [6.45, 7) is 3.12. The number of benzene rings is 2. The van der Waals surface area contributed by atoms with Gasteiger partial charge in [-0.3, -0.25) is 20.6 Å². The number of amidine groups is 1. The van der Waals surface area contributed by atoms with Gasteiger partial charge in [0.2, 0.25) is 0 Å². The number of likely N-dealkylation sites (tertiary alicyclic amines) is 1. The Hall–Kier alpha value is -2.37. The molecule has 25 heavy (non-hydrogen) atoms. The lowest BCUT2D eigenvalue weighted by molar-refractivity contribution is 0.0968. The van der Waals surface area contributed by atoms with Crippen LogP contribution in [0, 0.1) is 0 Å². The van der Waals surface area contributed by atoms with Gasteiger partial charge in [0.05, 0.1) is 0 Å². The van der Waals surface area contributed by atoms with Gasteiger partial charge in [-0.25, -0.2) is 0 Å². The zero-order valence-electron chi connectivity index (χ0n) is 14.6. The van der Waals surface area contributed by atoms with Crippen LogP contribution in [0.2, 0.25) is 0 Å². The quantitative estimate of drug-likeness (QED) is 0.499. The van der Waals surface area contributed by atoms with Crippen molar-refractivity contribution in [2.45, 2.75) is 25.5 Å². The first-order valence-corrected chi connectivity index (χ1v) is 8.69. The fourth-order valence-corrected chi connectivity index (χ4v) is 3.15. The Balaban J connectivity index is 1.49. The number of hydroxylamine groups is 1. The van der Waals surface area contributed by atoms with E-state index in [0.717, 1.165) is 43.8 Å². The molecule has 0 amide bonds. The van der Waals surface area contributed by atoms with E-state index in [1.165, 1.54) is 5.56 Å².